The Labute approximate surface area is 119 Å². The lowest BCUT2D eigenvalue weighted by atomic mass is 9.94. The van der Waals surface area contributed by atoms with E-state index in [1.165, 1.54) is 25.1 Å². The Morgan fingerprint density at radius 3 is 2.90 bits per heavy atom. The van der Waals surface area contributed by atoms with E-state index in [0.29, 0.717) is 17.4 Å². The number of carboxylic acid groups (broad SMARTS) is 1. The number of nitrogens with one attached hydrogen (secondary N) is 1. The van der Waals surface area contributed by atoms with Crippen LogP contribution in [-0.2, 0) is 0 Å². The SMILES string of the molecule is CN1CCC(CCNc2ncc(N)cc2C(=O)O)CC1. The second kappa shape index (κ2) is 6.56. The maximum absolute atomic E-state index is 11.1. The van der Waals surface area contributed by atoms with E-state index in [1.54, 1.807) is 0 Å². The second-order valence-corrected chi connectivity index (χ2v) is 5.43. The van der Waals surface area contributed by atoms with Crippen LogP contribution in [0.25, 0.3) is 0 Å². The highest BCUT2D eigenvalue weighted by Gasteiger charge is 2.17. The second-order valence-electron chi connectivity index (χ2n) is 5.43. The van der Waals surface area contributed by atoms with E-state index >= 15 is 0 Å². The number of nitrogen functional groups attached to an aromatic ring is 1. The summed E-state index contributed by atoms with van der Waals surface area (Å²) < 4.78 is 0. The molecule has 0 bridgehead atoms. The normalized spacial score (nSPS) is 17.1. The molecule has 1 fully saturated rings. The monoisotopic (exact) mass is 278 g/mol. The first kappa shape index (κ1) is 14.6. The number of aromatic carboxylic acids is 1. The van der Waals surface area contributed by atoms with Crippen molar-refractivity contribution in [2.75, 3.05) is 37.7 Å². The Morgan fingerprint density at radius 2 is 2.25 bits per heavy atom. The molecule has 1 aliphatic heterocycles. The van der Waals surface area contributed by atoms with E-state index in [-0.39, 0.29) is 5.56 Å². The standard InChI is InChI=1S/C14H22N4O2/c1-18-6-3-10(4-7-18)2-5-16-13-12(14(19)20)8-11(15)9-17-13/h8-10H,2-7,15H2,1H3,(H,16,17)(H,19,20). The van der Waals surface area contributed by atoms with Gasteiger partial charge in [-0.25, -0.2) is 9.78 Å². The number of likely N-dealkylation sites (tertiary alicyclic amines) is 1. The minimum atomic E-state index is -1.01. The average Bonchev–Trinajstić information content (AvgIpc) is 2.42. The predicted molar refractivity (Wildman–Crippen MR) is 78.9 cm³/mol. The van der Waals surface area contributed by atoms with Crippen molar-refractivity contribution in [1.82, 2.24) is 9.88 Å². The number of pyridine rings is 1. The van der Waals surface area contributed by atoms with E-state index in [4.69, 9.17) is 10.8 Å². The molecule has 0 unspecified atom stereocenters. The Balaban J connectivity index is 1.86. The molecule has 0 spiro atoms. The van der Waals surface area contributed by atoms with Crippen molar-refractivity contribution in [1.29, 1.82) is 0 Å². The van der Waals surface area contributed by atoms with E-state index in [9.17, 15) is 4.79 Å². The lowest BCUT2D eigenvalue weighted by Gasteiger charge is -2.28. The molecule has 0 atom stereocenters. The summed E-state index contributed by atoms with van der Waals surface area (Å²) in [5, 5.41) is 12.2. The average molecular weight is 278 g/mol. The summed E-state index contributed by atoms with van der Waals surface area (Å²) in [6, 6.07) is 1.44. The maximum Gasteiger partial charge on any atom is 0.339 e. The van der Waals surface area contributed by atoms with Crippen LogP contribution in [0.15, 0.2) is 12.3 Å². The number of nitrogens with zero attached hydrogens (tertiary/aromatic N) is 2. The summed E-state index contributed by atoms with van der Waals surface area (Å²) in [5.74, 6) is 0.104. The quantitative estimate of drug-likeness (QED) is 0.756. The molecule has 0 aromatic carbocycles. The Hall–Kier alpha value is -1.82. The first-order valence-electron chi connectivity index (χ1n) is 6.97. The van der Waals surface area contributed by atoms with Crippen molar-refractivity contribution >= 4 is 17.5 Å². The van der Waals surface area contributed by atoms with Crippen molar-refractivity contribution < 1.29 is 9.90 Å². The van der Waals surface area contributed by atoms with Crippen LogP contribution in [0.2, 0.25) is 0 Å². The number of anilines is 2. The molecule has 4 N–H and O–H groups in total. The molecule has 0 saturated carbocycles. The third-order valence-corrected chi connectivity index (χ3v) is 3.82. The molecular formula is C14H22N4O2. The summed E-state index contributed by atoms with van der Waals surface area (Å²) in [6.07, 6.45) is 4.93. The Kier molecular flexibility index (Phi) is 4.79. The van der Waals surface area contributed by atoms with Crippen molar-refractivity contribution in [2.45, 2.75) is 19.3 Å². The molecular weight excluding hydrogens is 256 g/mol. The maximum atomic E-state index is 11.1. The van der Waals surface area contributed by atoms with Gasteiger partial charge in [0, 0.05) is 6.54 Å². The van der Waals surface area contributed by atoms with Gasteiger partial charge in [-0.15, -0.1) is 0 Å². The number of hydrogen-bond donors (Lipinski definition) is 3. The van der Waals surface area contributed by atoms with Gasteiger partial charge in [0.2, 0.25) is 0 Å². The van der Waals surface area contributed by atoms with Gasteiger partial charge < -0.3 is 21.1 Å². The summed E-state index contributed by atoms with van der Waals surface area (Å²) in [6.45, 7) is 3.03. The molecule has 20 heavy (non-hydrogen) atoms. The zero-order chi connectivity index (χ0) is 14.5. The molecule has 0 aliphatic carbocycles. The van der Waals surface area contributed by atoms with Gasteiger partial charge in [-0.1, -0.05) is 0 Å². The van der Waals surface area contributed by atoms with Crippen molar-refractivity contribution in [3.8, 4) is 0 Å². The van der Waals surface area contributed by atoms with E-state index in [1.807, 2.05) is 0 Å². The largest absolute Gasteiger partial charge is 0.478 e. The smallest absolute Gasteiger partial charge is 0.339 e. The van der Waals surface area contributed by atoms with Gasteiger partial charge in [-0.3, -0.25) is 0 Å². The number of aromatic nitrogens is 1. The Bertz CT molecular complexity index is 470. The zero-order valence-corrected chi connectivity index (χ0v) is 11.8. The molecule has 1 aliphatic rings. The van der Waals surface area contributed by atoms with Gasteiger partial charge in [-0.2, -0.15) is 0 Å². The fourth-order valence-electron chi connectivity index (χ4n) is 2.53. The van der Waals surface area contributed by atoms with Crippen LogP contribution in [0.4, 0.5) is 11.5 Å². The summed E-state index contributed by atoms with van der Waals surface area (Å²) in [4.78, 5) is 17.5. The molecule has 6 heteroatoms. The molecule has 0 radical (unpaired) electrons. The minimum absolute atomic E-state index is 0.133. The third kappa shape index (κ3) is 3.84. The highest BCUT2D eigenvalue weighted by atomic mass is 16.4. The predicted octanol–water partition coefficient (Wildman–Crippen LogP) is 1.51. The van der Waals surface area contributed by atoms with Crippen LogP contribution in [0.1, 0.15) is 29.6 Å². The lowest BCUT2D eigenvalue weighted by Crippen LogP contribution is -2.31. The highest BCUT2D eigenvalue weighted by molar-refractivity contribution is 5.94. The number of carbonyl (C=O) groups is 1. The van der Waals surface area contributed by atoms with Crippen molar-refractivity contribution in [2.24, 2.45) is 5.92 Å². The van der Waals surface area contributed by atoms with Crippen molar-refractivity contribution in [3.05, 3.63) is 17.8 Å². The minimum Gasteiger partial charge on any atom is -0.478 e. The highest BCUT2D eigenvalue weighted by Crippen LogP contribution is 2.20. The van der Waals surface area contributed by atoms with Crippen LogP contribution in [0.5, 0.6) is 0 Å². The fraction of sp³-hybridized carbons (Fsp3) is 0.571. The van der Waals surface area contributed by atoms with Gasteiger partial charge in [0.05, 0.1) is 11.9 Å². The van der Waals surface area contributed by atoms with Crippen LogP contribution in [0.3, 0.4) is 0 Å². The molecule has 110 valence electrons. The summed E-state index contributed by atoms with van der Waals surface area (Å²) in [7, 11) is 2.14. The molecule has 1 aromatic heterocycles. The van der Waals surface area contributed by atoms with E-state index in [2.05, 4.69) is 22.2 Å². The van der Waals surface area contributed by atoms with Crippen LogP contribution in [-0.4, -0.2) is 47.6 Å². The van der Waals surface area contributed by atoms with E-state index in [0.717, 1.165) is 26.1 Å². The first-order valence-corrected chi connectivity index (χ1v) is 6.97. The number of nitrogens with two attached hydrogens (primary N) is 1. The molecule has 1 saturated heterocycles. The number of rotatable bonds is 5. The number of carboxylic acids is 1. The molecule has 0 amide bonds. The van der Waals surface area contributed by atoms with Crippen LogP contribution < -0.4 is 11.1 Å². The summed E-state index contributed by atoms with van der Waals surface area (Å²) in [5.41, 5.74) is 6.06. The van der Waals surface area contributed by atoms with Gasteiger partial charge in [0.1, 0.15) is 11.4 Å². The van der Waals surface area contributed by atoms with Gasteiger partial charge in [0.25, 0.3) is 0 Å². The summed E-state index contributed by atoms with van der Waals surface area (Å²) >= 11 is 0. The molecule has 2 heterocycles. The van der Waals surface area contributed by atoms with Gasteiger partial charge in [-0.05, 0) is 51.4 Å². The number of piperidine rings is 1. The fourth-order valence-corrected chi connectivity index (χ4v) is 2.53. The van der Waals surface area contributed by atoms with E-state index < -0.39 is 5.97 Å². The molecule has 2 rings (SSSR count). The van der Waals surface area contributed by atoms with Crippen LogP contribution in [0, 0.1) is 5.92 Å². The first-order chi connectivity index (χ1) is 9.56. The zero-order valence-electron chi connectivity index (χ0n) is 11.8. The number of hydrogen-bond acceptors (Lipinski definition) is 5. The van der Waals surface area contributed by atoms with Crippen LogP contribution >= 0.6 is 0 Å². The molecule has 1 aromatic rings. The topological polar surface area (TPSA) is 91.5 Å². The lowest BCUT2D eigenvalue weighted by molar-refractivity contribution is 0.0697. The Morgan fingerprint density at radius 1 is 1.55 bits per heavy atom. The third-order valence-electron chi connectivity index (χ3n) is 3.82. The van der Waals surface area contributed by atoms with Gasteiger partial charge >= 0.3 is 5.97 Å². The van der Waals surface area contributed by atoms with Crippen molar-refractivity contribution in [3.63, 3.8) is 0 Å². The van der Waals surface area contributed by atoms with Gasteiger partial charge in [0.15, 0.2) is 0 Å². The molecule has 6 nitrogen and oxygen atoms in total.